The number of anilines is 1. The van der Waals surface area contributed by atoms with Crippen LogP contribution in [0.1, 0.15) is 27.2 Å². The lowest BCUT2D eigenvalue weighted by molar-refractivity contribution is -0.195. The molecule has 2 aromatic rings. The van der Waals surface area contributed by atoms with Gasteiger partial charge in [-0.05, 0) is 5.41 Å². The molecule has 1 saturated heterocycles. The van der Waals surface area contributed by atoms with Crippen LogP contribution in [0.25, 0.3) is 11.2 Å². The molecular weight excluding hydrogens is 481 g/mol. The highest BCUT2D eigenvalue weighted by atomic mass is 31.2. The molecule has 1 aliphatic rings. The summed E-state index contributed by atoms with van der Waals surface area (Å²) in [6, 6.07) is 1.85. The van der Waals surface area contributed by atoms with E-state index in [1.165, 1.54) is 12.7 Å². The summed E-state index contributed by atoms with van der Waals surface area (Å²) in [6.07, 6.45) is 0.919. The fraction of sp³-hybridized carbons (Fsp3) is 0.684. The van der Waals surface area contributed by atoms with Crippen LogP contribution in [-0.4, -0.2) is 84.4 Å². The summed E-state index contributed by atoms with van der Waals surface area (Å²) in [5.41, 5.74) is 4.26. The second-order valence-corrected chi connectivity index (χ2v) is 12.7. The van der Waals surface area contributed by atoms with Crippen molar-refractivity contribution in [3.63, 3.8) is 0 Å². The molecule has 4 atom stereocenters. The molecular formula is C19H33N7O6PSi. The molecule has 8 N–H and O–H groups in total. The topological polar surface area (TPSA) is 216 Å². The van der Waals surface area contributed by atoms with Crippen LogP contribution >= 0.6 is 8.53 Å². The number of nitrogens with zero attached hydrogens (tertiary/aromatic N) is 5. The molecule has 0 aliphatic carbocycles. The van der Waals surface area contributed by atoms with E-state index in [1.807, 2.05) is 39.9 Å². The van der Waals surface area contributed by atoms with Crippen molar-refractivity contribution in [1.29, 1.82) is 5.26 Å². The molecule has 0 saturated carbocycles. The molecule has 1 aliphatic heterocycles. The van der Waals surface area contributed by atoms with Gasteiger partial charge in [0.1, 0.15) is 38.4 Å². The molecule has 189 valence electrons. The number of nitrogen functional groups attached to an aromatic ring is 1. The fourth-order valence-electron chi connectivity index (χ4n) is 4.21. The third-order valence-electron chi connectivity index (χ3n) is 5.81. The lowest BCUT2D eigenvalue weighted by Crippen LogP contribution is -2.69. The van der Waals surface area contributed by atoms with Crippen LogP contribution in [0.4, 0.5) is 5.82 Å². The second kappa shape index (κ2) is 10.9. The Kier molecular flexibility index (Phi) is 9.08. The molecule has 1 fully saturated rings. The number of aliphatic hydroxyl groups excluding tert-OH is 2. The van der Waals surface area contributed by atoms with Crippen molar-refractivity contribution in [1.82, 2.24) is 24.6 Å². The molecule has 34 heavy (non-hydrogen) atoms. The third-order valence-corrected chi connectivity index (χ3v) is 8.41. The Balaban J connectivity index is 0.000000440. The van der Waals surface area contributed by atoms with Crippen molar-refractivity contribution in [2.45, 2.75) is 63.4 Å². The van der Waals surface area contributed by atoms with Crippen LogP contribution in [0, 0.1) is 16.7 Å². The number of nitrogens with two attached hydrogens (primary N) is 1. The Morgan fingerprint density at radius 2 is 1.97 bits per heavy atom. The van der Waals surface area contributed by atoms with Gasteiger partial charge in [0.25, 0.3) is 0 Å². The molecule has 0 unspecified atom stereocenters. The number of nitrogens with one attached hydrogen (secondary N) is 1. The number of ether oxygens (including phenoxy) is 1. The lowest BCUT2D eigenvalue weighted by atomic mass is 9.71. The van der Waals surface area contributed by atoms with Crippen molar-refractivity contribution in [3.8, 4) is 6.07 Å². The third kappa shape index (κ3) is 4.81. The van der Waals surface area contributed by atoms with Gasteiger partial charge in [-0.1, -0.05) is 33.9 Å². The summed E-state index contributed by atoms with van der Waals surface area (Å²) < 4.78 is 7.88. The van der Waals surface area contributed by atoms with E-state index in [-0.39, 0.29) is 5.82 Å². The number of hydrogen-bond donors (Lipinski definition) is 7. The zero-order valence-electron chi connectivity index (χ0n) is 19.8. The van der Waals surface area contributed by atoms with E-state index >= 15 is 0 Å². The first-order chi connectivity index (χ1) is 15.8. The Bertz CT molecular complexity index is 1010. The SMILES string of the molecule is C[Si](C)[C@@]1(n2cnc3c(N)ncnc32)O[C@H](CO)[C@@H](O)[C@]1(O)C(C)(C)C.N#CCCNP(O)O. The minimum Gasteiger partial charge on any atom is -0.394 e. The summed E-state index contributed by atoms with van der Waals surface area (Å²) in [6.45, 7) is 9.38. The first-order valence-electron chi connectivity index (χ1n) is 10.5. The van der Waals surface area contributed by atoms with Crippen molar-refractivity contribution < 1.29 is 29.8 Å². The number of imidazole rings is 1. The van der Waals surface area contributed by atoms with Gasteiger partial charge < -0.3 is 35.6 Å². The van der Waals surface area contributed by atoms with E-state index in [4.69, 9.17) is 25.5 Å². The smallest absolute Gasteiger partial charge is 0.250 e. The van der Waals surface area contributed by atoms with Crippen LogP contribution in [0.5, 0.6) is 0 Å². The van der Waals surface area contributed by atoms with Crippen LogP contribution in [0.3, 0.4) is 0 Å². The minimum atomic E-state index is -2.01. The van der Waals surface area contributed by atoms with Crippen LogP contribution < -0.4 is 10.8 Å². The maximum Gasteiger partial charge on any atom is 0.250 e. The minimum absolute atomic E-state index is 0.224. The average Bonchev–Trinajstić information content (AvgIpc) is 3.28. The van der Waals surface area contributed by atoms with Gasteiger partial charge in [-0.25, -0.2) is 20.0 Å². The molecule has 0 amide bonds. The van der Waals surface area contributed by atoms with E-state index in [1.54, 1.807) is 4.57 Å². The molecule has 3 heterocycles. The summed E-state index contributed by atoms with van der Waals surface area (Å²) >= 11 is 0. The van der Waals surface area contributed by atoms with E-state index in [9.17, 15) is 15.3 Å². The summed E-state index contributed by atoms with van der Waals surface area (Å²) in [4.78, 5) is 28.9. The van der Waals surface area contributed by atoms with Gasteiger partial charge in [-0.2, -0.15) is 5.26 Å². The Hall–Kier alpha value is -1.79. The maximum atomic E-state index is 11.9. The van der Waals surface area contributed by atoms with Gasteiger partial charge in [-0.3, -0.25) is 4.57 Å². The van der Waals surface area contributed by atoms with E-state index in [0.717, 1.165) is 0 Å². The van der Waals surface area contributed by atoms with Crippen molar-refractivity contribution in [3.05, 3.63) is 12.7 Å². The fourth-order valence-corrected chi connectivity index (χ4v) is 6.84. The highest BCUT2D eigenvalue weighted by Crippen LogP contribution is 2.54. The van der Waals surface area contributed by atoms with Crippen molar-refractivity contribution in [2.24, 2.45) is 5.41 Å². The highest BCUT2D eigenvalue weighted by Gasteiger charge is 2.71. The number of fused-ring (bicyclic) bond motifs is 1. The molecule has 3 rings (SSSR count). The molecule has 15 heteroatoms. The van der Waals surface area contributed by atoms with Crippen molar-refractivity contribution >= 4 is 34.3 Å². The largest absolute Gasteiger partial charge is 0.394 e. The lowest BCUT2D eigenvalue weighted by Gasteiger charge is -2.51. The number of aliphatic hydroxyl groups is 3. The Labute approximate surface area is 200 Å². The average molecular weight is 515 g/mol. The number of hydrogen-bond acceptors (Lipinski definition) is 12. The quantitative estimate of drug-likeness (QED) is 0.149. The van der Waals surface area contributed by atoms with Gasteiger partial charge in [0.15, 0.2) is 16.8 Å². The number of aromatic nitrogens is 4. The predicted molar refractivity (Wildman–Crippen MR) is 127 cm³/mol. The normalized spacial score (nSPS) is 27.1. The first-order valence-corrected chi connectivity index (χ1v) is 14.3. The molecule has 1 radical (unpaired) electrons. The molecule has 0 bridgehead atoms. The Morgan fingerprint density at radius 3 is 2.47 bits per heavy atom. The second-order valence-electron chi connectivity index (χ2n) is 9.10. The summed E-state index contributed by atoms with van der Waals surface area (Å²) in [5, 5.41) is 41.5. The molecule has 0 spiro atoms. The monoisotopic (exact) mass is 514 g/mol. The predicted octanol–water partition coefficient (Wildman–Crippen LogP) is -0.415. The van der Waals surface area contributed by atoms with Crippen LogP contribution in [0.15, 0.2) is 12.7 Å². The van der Waals surface area contributed by atoms with Gasteiger partial charge >= 0.3 is 0 Å². The highest BCUT2D eigenvalue weighted by molar-refractivity contribution is 7.42. The van der Waals surface area contributed by atoms with E-state index < -0.39 is 52.5 Å². The Morgan fingerprint density at radius 1 is 1.32 bits per heavy atom. The van der Waals surface area contributed by atoms with E-state index in [2.05, 4.69) is 20.0 Å². The number of nitriles is 1. The van der Waals surface area contributed by atoms with Gasteiger partial charge in [0, 0.05) is 13.0 Å². The standard InChI is InChI=1S/C16H26N5O4Si.C3H7N2O2P/c1-14(2,3)15(24)11(23)9(6-22)25-16(15,26(4)5)21-8-20-10-12(17)18-7-19-13(10)21;4-2-1-3-5-8(6)7/h7-9,11,22-24H,6H2,1-5H3,(H2,17,18,19);5-7H,1,3H2/t9-,11-,15+,16+;/m1./s1. The van der Waals surface area contributed by atoms with Gasteiger partial charge in [0.05, 0.1) is 19.0 Å². The van der Waals surface area contributed by atoms with Crippen LogP contribution in [0.2, 0.25) is 13.1 Å². The molecule has 13 nitrogen and oxygen atoms in total. The van der Waals surface area contributed by atoms with Crippen molar-refractivity contribution in [2.75, 3.05) is 18.9 Å². The van der Waals surface area contributed by atoms with Crippen LogP contribution in [-0.2, 0) is 10.1 Å². The first kappa shape index (κ1) is 28.4. The zero-order valence-corrected chi connectivity index (χ0v) is 21.7. The molecule has 0 aromatic carbocycles. The molecule has 2 aromatic heterocycles. The summed E-state index contributed by atoms with van der Waals surface area (Å²) in [7, 11) is -3.50. The number of rotatable bonds is 6. The van der Waals surface area contributed by atoms with E-state index in [0.29, 0.717) is 24.1 Å². The summed E-state index contributed by atoms with van der Waals surface area (Å²) in [5.74, 6) is 0.224. The van der Waals surface area contributed by atoms with Gasteiger partial charge in [-0.15, -0.1) is 0 Å². The maximum absolute atomic E-state index is 11.9. The zero-order chi connectivity index (χ0) is 25.9. The van der Waals surface area contributed by atoms with Gasteiger partial charge in [0.2, 0.25) is 8.53 Å².